The van der Waals surface area contributed by atoms with Crippen LogP contribution in [-0.4, -0.2) is 24.4 Å². The molecule has 0 aromatic rings. The number of carbonyl (C=O) groups excluding carboxylic acids is 2. The molecule has 0 saturated carbocycles. The van der Waals surface area contributed by atoms with Crippen molar-refractivity contribution in [3.8, 4) is 0 Å². The van der Waals surface area contributed by atoms with Crippen LogP contribution < -0.4 is 5.73 Å². The maximum atomic E-state index is 12.1. The average molecular weight is 435 g/mol. The fourth-order valence-electron chi connectivity index (χ4n) is 2.91. The number of ether oxygens (including phenoxy) is 1. The largest absolute Gasteiger partial charge is 0.372 e. The van der Waals surface area contributed by atoms with Crippen LogP contribution in [-0.2, 0) is 14.3 Å². The van der Waals surface area contributed by atoms with Crippen LogP contribution in [0.3, 0.4) is 0 Å². The lowest BCUT2D eigenvalue weighted by Crippen LogP contribution is -2.25. The quantitative estimate of drug-likeness (QED) is 0.347. The molecule has 0 unspecified atom stereocenters. The second-order valence-electron chi connectivity index (χ2n) is 6.31. The van der Waals surface area contributed by atoms with Gasteiger partial charge in [-0.15, -0.1) is 0 Å². The van der Waals surface area contributed by atoms with Gasteiger partial charge in [-0.2, -0.15) is 0 Å². The summed E-state index contributed by atoms with van der Waals surface area (Å²) in [7, 11) is 0. The molecule has 1 amide bonds. The molecule has 2 atom stereocenters. The maximum absolute atomic E-state index is 12.1. The minimum atomic E-state index is -0.243. The number of nitrogens with two attached hydrogens (primary N) is 1. The van der Waals surface area contributed by atoms with Gasteiger partial charge >= 0.3 is 0 Å². The fourth-order valence-corrected chi connectivity index (χ4v) is 3.83. The number of unbranched alkanes of at least 4 members (excludes halogenated alkanes) is 6. The molecule has 23 heavy (non-hydrogen) atoms. The zero-order chi connectivity index (χ0) is 17.1. The van der Waals surface area contributed by atoms with Crippen LogP contribution in [0.5, 0.6) is 0 Å². The Hall–Kier alpha value is -0.430. The number of hydrogen-bond acceptors (Lipinski definition) is 3. The number of ketones is 1. The van der Waals surface area contributed by atoms with Crippen molar-refractivity contribution in [2.75, 3.05) is 6.61 Å². The maximum Gasteiger partial charge on any atom is 0.217 e. The van der Waals surface area contributed by atoms with Gasteiger partial charge in [0.1, 0.15) is 0 Å². The molecule has 0 heterocycles. The Morgan fingerprint density at radius 1 is 1.17 bits per heavy atom. The van der Waals surface area contributed by atoms with Crippen LogP contribution in [0.15, 0.2) is 9.66 Å². The zero-order valence-electron chi connectivity index (χ0n) is 14.2. The van der Waals surface area contributed by atoms with Gasteiger partial charge < -0.3 is 10.5 Å². The van der Waals surface area contributed by atoms with Crippen molar-refractivity contribution in [2.24, 2.45) is 11.7 Å². The Labute approximate surface area is 153 Å². The highest BCUT2D eigenvalue weighted by Crippen LogP contribution is 2.33. The van der Waals surface area contributed by atoms with Crippen LogP contribution in [0.4, 0.5) is 0 Å². The molecule has 0 radical (unpaired) electrons. The van der Waals surface area contributed by atoms with Gasteiger partial charge in [-0.3, -0.25) is 9.59 Å². The number of allylic oxidation sites excluding steroid dienone is 1. The Morgan fingerprint density at radius 3 is 2.57 bits per heavy atom. The SMILES string of the molecule is CCCCCCC[C@H]1C(=O)C=C(I)[C@H]1OCCCCCC(N)=O. The molecule has 0 saturated heterocycles. The number of primary amides is 1. The van der Waals surface area contributed by atoms with E-state index >= 15 is 0 Å². The monoisotopic (exact) mass is 435 g/mol. The van der Waals surface area contributed by atoms with E-state index in [4.69, 9.17) is 10.5 Å². The predicted molar refractivity (Wildman–Crippen MR) is 101 cm³/mol. The molecule has 0 fully saturated rings. The Bertz CT molecular complexity index is 409. The smallest absolute Gasteiger partial charge is 0.217 e. The van der Waals surface area contributed by atoms with Crippen molar-refractivity contribution in [1.82, 2.24) is 0 Å². The lowest BCUT2D eigenvalue weighted by atomic mass is 9.95. The molecule has 1 aliphatic carbocycles. The first kappa shape index (κ1) is 20.6. The minimum absolute atomic E-state index is 0.00847. The number of hydrogen-bond donors (Lipinski definition) is 1. The summed E-state index contributed by atoms with van der Waals surface area (Å²) in [5.74, 6) is -0.00862. The summed E-state index contributed by atoms with van der Waals surface area (Å²) >= 11 is 2.23. The fraction of sp³-hybridized carbons (Fsp3) is 0.778. The van der Waals surface area contributed by atoms with E-state index in [0.717, 1.165) is 35.7 Å². The molecule has 132 valence electrons. The molecule has 0 aliphatic heterocycles. The van der Waals surface area contributed by atoms with E-state index in [2.05, 4.69) is 29.5 Å². The minimum Gasteiger partial charge on any atom is -0.372 e. The van der Waals surface area contributed by atoms with Crippen molar-refractivity contribution in [3.63, 3.8) is 0 Å². The highest BCUT2D eigenvalue weighted by molar-refractivity contribution is 14.1. The lowest BCUT2D eigenvalue weighted by molar-refractivity contribution is -0.121. The number of halogens is 1. The molecule has 5 heteroatoms. The van der Waals surface area contributed by atoms with Gasteiger partial charge in [-0.1, -0.05) is 45.4 Å². The van der Waals surface area contributed by atoms with E-state index < -0.39 is 0 Å². The first-order valence-corrected chi connectivity index (χ1v) is 9.95. The van der Waals surface area contributed by atoms with Gasteiger partial charge in [-0.25, -0.2) is 0 Å². The highest BCUT2D eigenvalue weighted by atomic mass is 127. The third-order valence-corrected chi connectivity index (χ3v) is 5.19. The summed E-state index contributed by atoms with van der Waals surface area (Å²) < 4.78 is 7.00. The van der Waals surface area contributed by atoms with Crippen molar-refractivity contribution < 1.29 is 14.3 Å². The number of carbonyl (C=O) groups is 2. The van der Waals surface area contributed by atoms with Crippen molar-refractivity contribution in [2.45, 2.75) is 77.2 Å². The molecular weight excluding hydrogens is 405 g/mol. The van der Waals surface area contributed by atoms with E-state index in [1.54, 1.807) is 6.08 Å². The second kappa shape index (κ2) is 12.0. The standard InChI is InChI=1S/C18H30INO3/c1-2-3-4-5-7-10-14-16(21)13-15(19)18(14)23-12-9-6-8-11-17(20)22/h13-14,18H,2-12H2,1H3,(H2,20,22)/t14-,18-/m0/s1. The normalized spacial score (nSPS) is 20.8. The number of rotatable bonds is 13. The molecule has 2 N–H and O–H groups in total. The zero-order valence-corrected chi connectivity index (χ0v) is 16.3. The Kier molecular flexibility index (Phi) is 10.8. The van der Waals surface area contributed by atoms with Gasteiger partial charge in [0.2, 0.25) is 5.91 Å². The van der Waals surface area contributed by atoms with E-state index in [9.17, 15) is 9.59 Å². The van der Waals surface area contributed by atoms with Crippen molar-refractivity contribution >= 4 is 34.3 Å². The molecule has 0 bridgehead atoms. The third kappa shape index (κ3) is 8.29. The molecule has 1 aliphatic rings. The van der Waals surface area contributed by atoms with Crippen LogP contribution in [0.2, 0.25) is 0 Å². The molecule has 0 aromatic carbocycles. The summed E-state index contributed by atoms with van der Waals surface area (Å²) in [5.41, 5.74) is 5.12. The van der Waals surface area contributed by atoms with Crippen LogP contribution in [0.1, 0.15) is 71.1 Å². The lowest BCUT2D eigenvalue weighted by Gasteiger charge is -2.20. The van der Waals surface area contributed by atoms with Gasteiger partial charge in [0.25, 0.3) is 0 Å². The van der Waals surface area contributed by atoms with E-state index in [0.29, 0.717) is 13.0 Å². The first-order valence-electron chi connectivity index (χ1n) is 8.87. The predicted octanol–water partition coefficient (Wildman–Crippen LogP) is 4.30. The number of amides is 1. The summed E-state index contributed by atoms with van der Waals surface area (Å²) in [6.45, 7) is 2.85. The molecule has 4 nitrogen and oxygen atoms in total. The van der Waals surface area contributed by atoms with Gasteiger partial charge in [0.05, 0.1) is 12.0 Å². The highest BCUT2D eigenvalue weighted by Gasteiger charge is 2.35. The topological polar surface area (TPSA) is 69.4 Å². The third-order valence-electron chi connectivity index (χ3n) is 4.27. The first-order chi connectivity index (χ1) is 11.1. The van der Waals surface area contributed by atoms with Crippen LogP contribution >= 0.6 is 22.6 Å². The second-order valence-corrected chi connectivity index (χ2v) is 7.55. The van der Waals surface area contributed by atoms with E-state index in [1.807, 2.05) is 0 Å². The summed E-state index contributed by atoms with van der Waals surface area (Å²) in [6.07, 6.45) is 11.8. The van der Waals surface area contributed by atoms with Crippen LogP contribution in [0, 0.1) is 5.92 Å². The molecule has 0 aromatic heterocycles. The molecule has 1 rings (SSSR count). The van der Waals surface area contributed by atoms with E-state index in [1.165, 1.54) is 25.7 Å². The Balaban J connectivity index is 2.25. The van der Waals surface area contributed by atoms with Crippen LogP contribution in [0.25, 0.3) is 0 Å². The van der Waals surface area contributed by atoms with Gasteiger partial charge in [0, 0.05) is 16.6 Å². The summed E-state index contributed by atoms with van der Waals surface area (Å²) in [4.78, 5) is 22.8. The van der Waals surface area contributed by atoms with Crippen molar-refractivity contribution in [1.29, 1.82) is 0 Å². The van der Waals surface area contributed by atoms with Gasteiger partial charge in [0.15, 0.2) is 5.78 Å². The molecule has 0 spiro atoms. The molecular formula is C18H30INO3. The Morgan fingerprint density at radius 2 is 1.87 bits per heavy atom. The van der Waals surface area contributed by atoms with Gasteiger partial charge in [-0.05, 0) is 47.9 Å². The summed E-state index contributed by atoms with van der Waals surface area (Å²) in [6, 6.07) is 0. The summed E-state index contributed by atoms with van der Waals surface area (Å²) in [5, 5.41) is 0. The van der Waals surface area contributed by atoms with Crippen molar-refractivity contribution in [3.05, 3.63) is 9.66 Å². The van der Waals surface area contributed by atoms with E-state index in [-0.39, 0.29) is 23.7 Å². The average Bonchev–Trinajstić information content (AvgIpc) is 2.76.